The predicted molar refractivity (Wildman–Crippen MR) is 62.6 cm³/mol. The zero-order chi connectivity index (χ0) is 11.1. The van der Waals surface area contributed by atoms with Crippen LogP contribution in [0.2, 0.25) is 0 Å². The molecular formula is C11H19N3O. The van der Waals surface area contributed by atoms with Crippen LogP contribution < -0.4 is 0 Å². The van der Waals surface area contributed by atoms with Crippen LogP contribution in [0.15, 0.2) is 30.2 Å². The molecule has 0 aromatic heterocycles. The van der Waals surface area contributed by atoms with E-state index in [1.807, 2.05) is 0 Å². The highest BCUT2D eigenvalue weighted by atomic mass is 16.6. The maximum absolute atomic E-state index is 4.72. The fourth-order valence-corrected chi connectivity index (χ4v) is 1.39. The van der Waals surface area contributed by atoms with Crippen LogP contribution >= 0.6 is 0 Å². The minimum Gasteiger partial charge on any atom is -0.399 e. The van der Waals surface area contributed by atoms with E-state index in [1.54, 1.807) is 13.2 Å². The van der Waals surface area contributed by atoms with Gasteiger partial charge in [0.25, 0.3) is 0 Å². The Hall–Kier alpha value is -1.45. The van der Waals surface area contributed by atoms with Crippen LogP contribution in [0.25, 0.3) is 0 Å². The maximum Gasteiger partial charge on any atom is 0.106 e. The fraction of sp³-hybridized carbons (Fsp3) is 0.545. The van der Waals surface area contributed by atoms with Crippen molar-refractivity contribution < 1.29 is 4.84 Å². The third kappa shape index (κ3) is 4.06. The molecule has 0 bridgehead atoms. The van der Waals surface area contributed by atoms with E-state index in [1.165, 1.54) is 0 Å². The third-order valence-corrected chi connectivity index (χ3v) is 2.37. The molecule has 0 amide bonds. The van der Waals surface area contributed by atoms with Crippen LogP contribution in [0.5, 0.6) is 0 Å². The summed E-state index contributed by atoms with van der Waals surface area (Å²) in [5.74, 6) is 0. The normalized spacial score (nSPS) is 16.8. The lowest BCUT2D eigenvalue weighted by Crippen LogP contribution is -2.33. The van der Waals surface area contributed by atoms with E-state index in [0.717, 1.165) is 31.8 Å². The van der Waals surface area contributed by atoms with E-state index in [9.17, 15) is 0 Å². The van der Waals surface area contributed by atoms with Gasteiger partial charge in [0.1, 0.15) is 7.11 Å². The average molecular weight is 209 g/mol. The largest absolute Gasteiger partial charge is 0.399 e. The van der Waals surface area contributed by atoms with Gasteiger partial charge >= 0.3 is 0 Å². The van der Waals surface area contributed by atoms with Crippen molar-refractivity contribution in [1.82, 2.24) is 9.80 Å². The standard InChI is InChI=1S/C11H19N3O/c1-4-11(12-15-3)5-6-14-9-7-13(2)8-10-14/h4,7,9H,1,5-6,8,10H2,2-3H3/b12-11+. The summed E-state index contributed by atoms with van der Waals surface area (Å²) in [6.07, 6.45) is 6.80. The van der Waals surface area contributed by atoms with Crippen molar-refractivity contribution in [3.8, 4) is 0 Å². The molecule has 0 fully saturated rings. The molecule has 0 aliphatic carbocycles. The minimum absolute atomic E-state index is 0.866. The van der Waals surface area contributed by atoms with Crippen LogP contribution in [0.1, 0.15) is 6.42 Å². The van der Waals surface area contributed by atoms with Gasteiger partial charge in [-0.1, -0.05) is 11.7 Å². The van der Waals surface area contributed by atoms with Crippen LogP contribution in [-0.4, -0.2) is 49.3 Å². The molecule has 0 aromatic carbocycles. The van der Waals surface area contributed by atoms with Gasteiger partial charge in [-0.2, -0.15) is 0 Å². The Morgan fingerprint density at radius 2 is 2.33 bits per heavy atom. The Bertz CT molecular complexity index is 261. The quantitative estimate of drug-likeness (QED) is 0.504. The van der Waals surface area contributed by atoms with Crippen LogP contribution in [0.4, 0.5) is 0 Å². The van der Waals surface area contributed by atoms with Crippen molar-refractivity contribution in [2.45, 2.75) is 6.42 Å². The van der Waals surface area contributed by atoms with Crippen LogP contribution in [0, 0.1) is 0 Å². The van der Waals surface area contributed by atoms with Crippen LogP contribution in [-0.2, 0) is 4.84 Å². The molecule has 0 radical (unpaired) electrons. The van der Waals surface area contributed by atoms with Gasteiger partial charge in [0.05, 0.1) is 5.71 Å². The lowest BCUT2D eigenvalue weighted by molar-refractivity contribution is 0.212. The Labute approximate surface area is 91.5 Å². The second-order valence-corrected chi connectivity index (χ2v) is 3.53. The number of nitrogens with zero attached hydrogens (tertiary/aromatic N) is 3. The van der Waals surface area contributed by atoms with Gasteiger partial charge in [-0.25, -0.2) is 0 Å². The molecule has 0 saturated heterocycles. The summed E-state index contributed by atoms with van der Waals surface area (Å²) in [5.41, 5.74) is 0.893. The lowest BCUT2D eigenvalue weighted by Gasteiger charge is -2.28. The first-order valence-corrected chi connectivity index (χ1v) is 5.11. The Balaban J connectivity index is 2.33. The molecule has 4 nitrogen and oxygen atoms in total. The molecule has 1 rings (SSSR count). The second kappa shape index (κ2) is 6.11. The van der Waals surface area contributed by atoms with Gasteiger partial charge in [-0.05, 0) is 6.08 Å². The summed E-state index contributed by atoms with van der Waals surface area (Å²) in [5, 5.41) is 3.88. The average Bonchev–Trinajstić information content (AvgIpc) is 2.26. The SMILES string of the molecule is C=C/C(CCN1C=CN(C)CC1)=N\OC. The highest BCUT2D eigenvalue weighted by Crippen LogP contribution is 2.02. The molecule has 4 heteroatoms. The number of hydrogen-bond acceptors (Lipinski definition) is 4. The smallest absolute Gasteiger partial charge is 0.106 e. The van der Waals surface area contributed by atoms with E-state index in [2.05, 4.69) is 41.0 Å². The van der Waals surface area contributed by atoms with Crippen molar-refractivity contribution in [2.24, 2.45) is 5.16 Å². The predicted octanol–water partition coefficient (Wildman–Crippen LogP) is 1.28. The van der Waals surface area contributed by atoms with Gasteiger partial charge in [0.15, 0.2) is 0 Å². The number of oxime groups is 1. The number of hydrogen-bond donors (Lipinski definition) is 0. The second-order valence-electron chi connectivity index (χ2n) is 3.53. The summed E-state index contributed by atoms with van der Waals surface area (Å²) in [6.45, 7) is 6.79. The van der Waals surface area contributed by atoms with E-state index >= 15 is 0 Å². The number of likely N-dealkylation sites (N-methyl/N-ethyl adjacent to an activating group) is 1. The summed E-state index contributed by atoms with van der Waals surface area (Å²) in [6, 6.07) is 0. The number of rotatable bonds is 5. The van der Waals surface area contributed by atoms with E-state index < -0.39 is 0 Å². The minimum atomic E-state index is 0.866. The van der Waals surface area contributed by atoms with E-state index in [0.29, 0.717) is 0 Å². The first kappa shape index (κ1) is 11.6. The topological polar surface area (TPSA) is 28.1 Å². The highest BCUT2D eigenvalue weighted by molar-refractivity contribution is 5.94. The van der Waals surface area contributed by atoms with Crippen molar-refractivity contribution in [3.63, 3.8) is 0 Å². The molecule has 1 aliphatic heterocycles. The molecule has 0 unspecified atom stereocenters. The van der Waals surface area contributed by atoms with Gasteiger partial charge < -0.3 is 14.6 Å². The van der Waals surface area contributed by atoms with Gasteiger partial charge in [-0.15, -0.1) is 0 Å². The fourth-order valence-electron chi connectivity index (χ4n) is 1.39. The van der Waals surface area contributed by atoms with Crippen molar-refractivity contribution in [2.75, 3.05) is 33.8 Å². The highest BCUT2D eigenvalue weighted by Gasteiger charge is 2.06. The summed E-state index contributed by atoms with van der Waals surface area (Å²) in [4.78, 5) is 9.17. The zero-order valence-corrected chi connectivity index (χ0v) is 9.52. The van der Waals surface area contributed by atoms with Gasteiger partial charge in [0, 0.05) is 45.5 Å². The Kier molecular flexibility index (Phi) is 4.74. The molecule has 84 valence electrons. The van der Waals surface area contributed by atoms with Crippen molar-refractivity contribution in [3.05, 3.63) is 25.1 Å². The van der Waals surface area contributed by atoms with Gasteiger partial charge in [-0.3, -0.25) is 0 Å². The van der Waals surface area contributed by atoms with E-state index in [-0.39, 0.29) is 0 Å². The van der Waals surface area contributed by atoms with E-state index in [4.69, 9.17) is 4.84 Å². The maximum atomic E-state index is 4.72. The molecule has 0 spiro atoms. The molecule has 1 aliphatic rings. The first-order valence-electron chi connectivity index (χ1n) is 5.11. The molecule has 0 N–H and O–H groups in total. The zero-order valence-electron chi connectivity index (χ0n) is 9.52. The first-order chi connectivity index (χ1) is 7.26. The van der Waals surface area contributed by atoms with Crippen molar-refractivity contribution >= 4 is 5.71 Å². The molecule has 0 atom stereocenters. The molecular weight excluding hydrogens is 190 g/mol. The van der Waals surface area contributed by atoms with Crippen LogP contribution in [0.3, 0.4) is 0 Å². The molecule has 0 saturated carbocycles. The Morgan fingerprint density at radius 3 is 2.87 bits per heavy atom. The summed E-state index contributed by atoms with van der Waals surface area (Å²) in [7, 11) is 3.63. The molecule has 15 heavy (non-hydrogen) atoms. The third-order valence-electron chi connectivity index (χ3n) is 2.37. The number of allylic oxidation sites excluding steroid dienone is 1. The molecule has 1 heterocycles. The summed E-state index contributed by atoms with van der Waals surface area (Å²) < 4.78 is 0. The van der Waals surface area contributed by atoms with Crippen molar-refractivity contribution in [1.29, 1.82) is 0 Å². The Morgan fingerprint density at radius 1 is 1.53 bits per heavy atom. The lowest BCUT2D eigenvalue weighted by atomic mass is 10.2. The summed E-state index contributed by atoms with van der Waals surface area (Å²) >= 11 is 0. The monoisotopic (exact) mass is 209 g/mol. The molecule has 0 aromatic rings. The van der Waals surface area contributed by atoms with Gasteiger partial charge in [0.2, 0.25) is 0 Å².